The Kier molecular flexibility index (Phi) is 3.67. The molecule has 3 rings (SSSR count). The van der Waals surface area contributed by atoms with Crippen LogP contribution >= 0.6 is 0 Å². The molecule has 0 bridgehead atoms. The first kappa shape index (κ1) is 14.1. The highest BCUT2D eigenvalue weighted by molar-refractivity contribution is 5.81. The summed E-state index contributed by atoms with van der Waals surface area (Å²) >= 11 is 0. The second-order valence-corrected chi connectivity index (χ2v) is 5.11. The van der Waals surface area contributed by atoms with Crippen LogP contribution in [-0.4, -0.2) is 35.3 Å². The van der Waals surface area contributed by atoms with E-state index in [0.29, 0.717) is 11.3 Å². The minimum atomic E-state index is -0.749. The van der Waals surface area contributed by atoms with E-state index in [1.807, 2.05) is 6.92 Å². The summed E-state index contributed by atoms with van der Waals surface area (Å²) < 4.78 is 16.1. The molecule has 1 aromatic heterocycles. The van der Waals surface area contributed by atoms with Crippen molar-refractivity contribution in [2.45, 2.75) is 31.8 Å². The van der Waals surface area contributed by atoms with Crippen molar-refractivity contribution >= 4 is 11.0 Å². The highest BCUT2D eigenvalue weighted by atomic mass is 16.7. The normalized spacial score (nSPS) is 25.4. The zero-order valence-electron chi connectivity index (χ0n) is 11.5. The molecule has 0 amide bonds. The number of ether oxygens (including phenoxy) is 2. The molecule has 0 spiro atoms. The number of aliphatic hydroxyl groups is 2. The molecule has 1 aromatic carbocycles. The van der Waals surface area contributed by atoms with Gasteiger partial charge < -0.3 is 24.1 Å². The molecular weight excluding hydrogens is 276 g/mol. The van der Waals surface area contributed by atoms with Gasteiger partial charge in [-0.3, -0.25) is 0 Å². The van der Waals surface area contributed by atoms with E-state index in [4.69, 9.17) is 19.0 Å². The van der Waals surface area contributed by atoms with Crippen LogP contribution in [0.25, 0.3) is 11.0 Å². The summed E-state index contributed by atoms with van der Waals surface area (Å²) in [5.74, 6) is 0.479. The Morgan fingerprint density at radius 3 is 2.90 bits per heavy atom. The molecule has 6 heteroatoms. The Labute approximate surface area is 120 Å². The van der Waals surface area contributed by atoms with Crippen LogP contribution in [0.2, 0.25) is 0 Å². The molecule has 1 aliphatic heterocycles. The summed E-state index contributed by atoms with van der Waals surface area (Å²) in [6.45, 7) is 1.58. The Hall–Kier alpha value is -1.89. The molecule has 2 aromatic rings. The van der Waals surface area contributed by atoms with Gasteiger partial charge in [0.05, 0.1) is 12.7 Å². The average molecular weight is 292 g/mol. The van der Waals surface area contributed by atoms with E-state index in [0.717, 1.165) is 10.9 Å². The quantitative estimate of drug-likeness (QED) is 0.819. The average Bonchev–Trinajstić information content (AvgIpc) is 2.78. The third-order valence-electron chi connectivity index (χ3n) is 3.56. The van der Waals surface area contributed by atoms with E-state index in [9.17, 15) is 9.90 Å². The zero-order valence-corrected chi connectivity index (χ0v) is 11.5. The molecule has 0 saturated carbocycles. The van der Waals surface area contributed by atoms with Gasteiger partial charge in [0, 0.05) is 23.9 Å². The van der Waals surface area contributed by atoms with Crippen LogP contribution in [0.5, 0.6) is 5.75 Å². The summed E-state index contributed by atoms with van der Waals surface area (Å²) in [4.78, 5) is 11.4. The summed E-state index contributed by atoms with van der Waals surface area (Å²) in [6, 6.07) is 6.60. The number of aryl methyl sites for hydroxylation is 1. The molecule has 0 aliphatic carbocycles. The van der Waals surface area contributed by atoms with Crippen LogP contribution in [0, 0.1) is 6.92 Å². The molecule has 3 atom stereocenters. The Morgan fingerprint density at radius 2 is 2.19 bits per heavy atom. The second-order valence-electron chi connectivity index (χ2n) is 5.11. The van der Waals surface area contributed by atoms with Crippen molar-refractivity contribution in [3.05, 3.63) is 40.2 Å². The lowest BCUT2D eigenvalue weighted by Crippen LogP contribution is -2.24. The van der Waals surface area contributed by atoms with Crippen molar-refractivity contribution < 1.29 is 24.1 Å². The van der Waals surface area contributed by atoms with Gasteiger partial charge in [0.1, 0.15) is 17.4 Å². The smallest absolute Gasteiger partial charge is 0.336 e. The SMILES string of the molecule is Cc1cc(=O)oc2cc(OC3C[C@H](O)[C@@H](CO)O3)ccc12. The van der Waals surface area contributed by atoms with Crippen molar-refractivity contribution in [1.29, 1.82) is 0 Å². The van der Waals surface area contributed by atoms with Crippen molar-refractivity contribution in [3.63, 3.8) is 0 Å². The first-order valence-electron chi connectivity index (χ1n) is 6.72. The van der Waals surface area contributed by atoms with Crippen molar-refractivity contribution in [1.82, 2.24) is 0 Å². The highest BCUT2D eigenvalue weighted by Gasteiger charge is 2.34. The number of hydrogen-bond acceptors (Lipinski definition) is 6. The van der Waals surface area contributed by atoms with Gasteiger partial charge in [0.15, 0.2) is 0 Å². The largest absolute Gasteiger partial charge is 0.465 e. The predicted octanol–water partition coefficient (Wildman–Crippen LogP) is 0.948. The maximum absolute atomic E-state index is 11.4. The highest BCUT2D eigenvalue weighted by Crippen LogP contribution is 2.27. The summed E-state index contributed by atoms with van der Waals surface area (Å²) in [6.07, 6.45) is -1.73. The fraction of sp³-hybridized carbons (Fsp3) is 0.400. The first-order valence-corrected chi connectivity index (χ1v) is 6.72. The lowest BCUT2D eigenvalue weighted by atomic mass is 10.1. The fourth-order valence-corrected chi connectivity index (χ4v) is 2.46. The second kappa shape index (κ2) is 5.48. The minimum Gasteiger partial charge on any atom is -0.465 e. The maximum atomic E-state index is 11.4. The van der Waals surface area contributed by atoms with Crippen molar-refractivity contribution in [3.8, 4) is 5.75 Å². The van der Waals surface area contributed by atoms with E-state index in [2.05, 4.69) is 0 Å². The number of hydrogen-bond donors (Lipinski definition) is 2. The standard InChI is InChI=1S/C15H16O6/c1-8-4-14(18)20-12-5-9(2-3-10(8)12)19-15-6-11(17)13(7-16)21-15/h2-5,11,13,15-17H,6-7H2,1H3/t11-,13+,15?/m0/s1. The number of rotatable bonds is 3. The molecule has 2 heterocycles. The topological polar surface area (TPSA) is 89.1 Å². The Balaban J connectivity index is 1.84. The van der Waals surface area contributed by atoms with E-state index in [-0.39, 0.29) is 13.0 Å². The van der Waals surface area contributed by atoms with Crippen LogP contribution in [0.15, 0.2) is 33.5 Å². The van der Waals surface area contributed by atoms with E-state index >= 15 is 0 Å². The van der Waals surface area contributed by atoms with Crippen LogP contribution in [0.3, 0.4) is 0 Å². The van der Waals surface area contributed by atoms with Gasteiger partial charge in [-0.15, -0.1) is 0 Å². The third kappa shape index (κ3) is 2.78. The monoisotopic (exact) mass is 292 g/mol. The minimum absolute atomic E-state index is 0.257. The molecule has 1 saturated heterocycles. The van der Waals surface area contributed by atoms with Crippen molar-refractivity contribution in [2.75, 3.05) is 6.61 Å². The van der Waals surface area contributed by atoms with Crippen LogP contribution < -0.4 is 10.4 Å². The Bertz CT molecular complexity index is 707. The Morgan fingerprint density at radius 1 is 1.38 bits per heavy atom. The third-order valence-corrected chi connectivity index (χ3v) is 3.56. The molecule has 2 N–H and O–H groups in total. The molecule has 112 valence electrons. The van der Waals surface area contributed by atoms with Crippen LogP contribution in [-0.2, 0) is 4.74 Å². The zero-order chi connectivity index (χ0) is 15.0. The summed E-state index contributed by atoms with van der Waals surface area (Å²) in [7, 11) is 0. The van der Waals surface area contributed by atoms with E-state index < -0.39 is 24.1 Å². The number of aliphatic hydroxyl groups excluding tert-OH is 2. The molecular formula is C15H16O6. The van der Waals surface area contributed by atoms with Gasteiger partial charge in [-0.1, -0.05) is 0 Å². The number of benzene rings is 1. The molecule has 1 aliphatic rings. The lowest BCUT2D eigenvalue weighted by molar-refractivity contribution is -0.0931. The molecule has 6 nitrogen and oxygen atoms in total. The van der Waals surface area contributed by atoms with Gasteiger partial charge in [-0.05, 0) is 24.6 Å². The summed E-state index contributed by atoms with van der Waals surface area (Å²) in [5, 5.41) is 19.5. The maximum Gasteiger partial charge on any atom is 0.336 e. The van der Waals surface area contributed by atoms with Gasteiger partial charge in [0.2, 0.25) is 6.29 Å². The summed E-state index contributed by atoms with van der Waals surface area (Å²) in [5.41, 5.74) is 0.862. The number of fused-ring (bicyclic) bond motifs is 1. The molecule has 1 fully saturated rings. The van der Waals surface area contributed by atoms with E-state index in [1.54, 1.807) is 18.2 Å². The predicted molar refractivity (Wildman–Crippen MR) is 74.2 cm³/mol. The van der Waals surface area contributed by atoms with Gasteiger partial charge in [-0.2, -0.15) is 0 Å². The fourth-order valence-electron chi connectivity index (χ4n) is 2.46. The van der Waals surface area contributed by atoms with Crippen LogP contribution in [0.1, 0.15) is 12.0 Å². The molecule has 0 radical (unpaired) electrons. The van der Waals surface area contributed by atoms with E-state index in [1.165, 1.54) is 6.07 Å². The lowest BCUT2D eigenvalue weighted by Gasteiger charge is -2.14. The molecule has 1 unspecified atom stereocenters. The van der Waals surface area contributed by atoms with Crippen molar-refractivity contribution in [2.24, 2.45) is 0 Å². The first-order chi connectivity index (χ1) is 10.1. The van der Waals surface area contributed by atoms with Gasteiger partial charge in [-0.25, -0.2) is 4.79 Å². The van der Waals surface area contributed by atoms with Gasteiger partial charge >= 0.3 is 5.63 Å². The van der Waals surface area contributed by atoms with Gasteiger partial charge in [0.25, 0.3) is 0 Å². The molecule has 21 heavy (non-hydrogen) atoms. The van der Waals surface area contributed by atoms with Crippen LogP contribution in [0.4, 0.5) is 0 Å².